The number of nitrogens with zero attached hydrogens (tertiary/aromatic N) is 3. The molecule has 1 fully saturated rings. The lowest BCUT2D eigenvalue weighted by Crippen LogP contribution is -2.41. The summed E-state index contributed by atoms with van der Waals surface area (Å²) in [6.07, 6.45) is 1.70. The zero-order chi connectivity index (χ0) is 10.8. The van der Waals surface area contributed by atoms with E-state index in [1.54, 1.807) is 0 Å². The number of halogens is 2. The van der Waals surface area contributed by atoms with Crippen LogP contribution in [0.4, 0.5) is 5.82 Å². The lowest BCUT2D eigenvalue weighted by atomic mass is 10.3. The summed E-state index contributed by atoms with van der Waals surface area (Å²) < 4.78 is 6.22. The Hall–Kier alpha value is -0.390. The summed E-state index contributed by atoms with van der Waals surface area (Å²) >= 11 is 9.31. The van der Waals surface area contributed by atoms with Gasteiger partial charge < -0.3 is 9.64 Å². The Bertz CT molecular complexity index is 363. The highest BCUT2D eigenvalue weighted by Gasteiger charge is 2.20. The van der Waals surface area contributed by atoms with E-state index in [1.165, 1.54) is 6.33 Å². The van der Waals surface area contributed by atoms with Gasteiger partial charge in [0.05, 0.1) is 17.2 Å². The number of hydrogen-bond acceptors (Lipinski definition) is 4. The number of morpholine rings is 1. The van der Waals surface area contributed by atoms with Gasteiger partial charge in [-0.15, -0.1) is 0 Å². The molecule has 4 nitrogen and oxygen atoms in total. The Kier molecular flexibility index (Phi) is 3.43. The van der Waals surface area contributed by atoms with Gasteiger partial charge in [0.15, 0.2) is 0 Å². The largest absolute Gasteiger partial charge is 0.375 e. The molecule has 0 N–H and O–H groups in total. The van der Waals surface area contributed by atoms with E-state index >= 15 is 0 Å². The van der Waals surface area contributed by atoms with Crippen molar-refractivity contribution in [2.75, 3.05) is 24.6 Å². The summed E-state index contributed by atoms with van der Waals surface area (Å²) in [4.78, 5) is 10.3. The van der Waals surface area contributed by atoms with Gasteiger partial charge in [-0.3, -0.25) is 0 Å². The van der Waals surface area contributed by atoms with Crippen LogP contribution in [0.25, 0.3) is 0 Å². The van der Waals surface area contributed by atoms with Crippen molar-refractivity contribution in [2.24, 2.45) is 0 Å². The molecule has 6 heteroatoms. The van der Waals surface area contributed by atoms with Crippen LogP contribution in [0.15, 0.2) is 10.8 Å². The quantitative estimate of drug-likeness (QED) is 0.743. The zero-order valence-electron chi connectivity index (χ0n) is 8.28. The number of rotatable bonds is 1. The lowest BCUT2D eigenvalue weighted by Gasteiger charge is -2.32. The van der Waals surface area contributed by atoms with Crippen molar-refractivity contribution in [2.45, 2.75) is 13.0 Å². The molecule has 1 unspecified atom stereocenters. The van der Waals surface area contributed by atoms with E-state index in [-0.39, 0.29) is 6.10 Å². The molecular formula is C9H11BrClN3O. The van der Waals surface area contributed by atoms with Crippen LogP contribution >= 0.6 is 27.5 Å². The lowest BCUT2D eigenvalue weighted by molar-refractivity contribution is 0.0529. The Labute approximate surface area is 102 Å². The van der Waals surface area contributed by atoms with Crippen molar-refractivity contribution in [1.29, 1.82) is 0 Å². The van der Waals surface area contributed by atoms with Gasteiger partial charge in [0.2, 0.25) is 0 Å². The van der Waals surface area contributed by atoms with Crippen molar-refractivity contribution in [3.8, 4) is 0 Å². The minimum atomic E-state index is 0.222. The zero-order valence-corrected chi connectivity index (χ0v) is 10.6. The van der Waals surface area contributed by atoms with Gasteiger partial charge >= 0.3 is 0 Å². The Morgan fingerprint density at radius 3 is 3.13 bits per heavy atom. The maximum absolute atomic E-state index is 5.91. The van der Waals surface area contributed by atoms with E-state index < -0.39 is 0 Å². The van der Waals surface area contributed by atoms with Gasteiger partial charge in [-0.1, -0.05) is 11.6 Å². The van der Waals surface area contributed by atoms with E-state index in [0.29, 0.717) is 5.15 Å². The molecule has 1 aliphatic heterocycles. The average Bonchev–Trinajstić information content (AvgIpc) is 2.22. The molecule has 1 saturated heterocycles. The number of anilines is 1. The maximum atomic E-state index is 5.91. The fourth-order valence-electron chi connectivity index (χ4n) is 1.57. The second-order valence-corrected chi connectivity index (χ2v) is 4.58. The Morgan fingerprint density at radius 1 is 1.60 bits per heavy atom. The highest BCUT2D eigenvalue weighted by Crippen LogP contribution is 2.29. The molecular weight excluding hydrogens is 281 g/mol. The summed E-state index contributed by atoms with van der Waals surface area (Å²) in [6, 6.07) is 0. The molecule has 0 aromatic carbocycles. The van der Waals surface area contributed by atoms with Crippen LogP contribution in [0.3, 0.4) is 0 Å². The first-order valence-corrected chi connectivity index (χ1v) is 5.88. The molecule has 15 heavy (non-hydrogen) atoms. The topological polar surface area (TPSA) is 38.2 Å². The SMILES string of the molecule is CC1CN(c2ncnc(Cl)c2Br)CCO1. The predicted molar refractivity (Wildman–Crippen MR) is 62.4 cm³/mol. The summed E-state index contributed by atoms with van der Waals surface area (Å²) in [6.45, 7) is 4.42. The van der Waals surface area contributed by atoms with Crippen LogP contribution in [-0.4, -0.2) is 35.8 Å². The van der Waals surface area contributed by atoms with Gasteiger partial charge in [-0.2, -0.15) is 0 Å². The number of hydrogen-bond donors (Lipinski definition) is 0. The summed E-state index contributed by atoms with van der Waals surface area (Å²) in [5, 5.41) is 0.444. The fraction of sp³-hybridized carbons (Fsp3) is 0.556. The average molecular weight is 293 g/mol. The Morgan fingerprint density at radius 2 is 2.40 bits per heavy atom. The third kappa shape index (κ3) is 2.41. The molecule has 2 rings (SSSR count). The maximum Gasteiger partial charge on any atom is 0.148 e. The van der Waals surface area contributed by atoms with Crippen LogP contribution in [0.2, 0.25) is 5.15 Å². The van der Waals surface area contributed by atoms with Gasteiger partial charge in [-0.25, -0.2) is 9.97 Å². The molecule has 0 saturated carbocycles. The summed E-state index contributed by atoms with van der Waals surface area (Å²) in [5.74, 6) is 0.838. The minimum Gasteiger partial charge on any atom is -0.375 e. The predicted octanol–water partition coefficient (Wildman–Crippen LogP) is 2.12. The smallest absolute Gasteiger partial charge is 0.148 e. The van der Waals surface area contributed by atoms with Crippen LogP contribution in [-0.2, 0) is 4.74 Å². The van der Waals surface area contributed by atoms with Crippen molar-refractivity contribution < 1.29 is 4.74 Å². The van der Waals surface area contributed by atoms with Gasteiger partial charge in [0, 0.05) is 13.1 Å². The molecule has 1 aromatic heterocycles. The van der Waals surface area contributed by atoms with Gasteiger partial charge in [-0.05, 0) is 22.9 Å². The summed E-state index contributed by atoms with van der Waals surface area (Å²) in [5.41, 5.74) is 0. The van der Waals surface area contributed by atoms with E-state index in [9.17, 15) is 0 Å². The fourth-order valence-corrected chi connectivity index (χ4v) is 2.15. The normalized spacial score (nSPS) is 21.8. The summed E-state index contributed by atoms with van der Waals surface area (Å²) in [7, 11) is 0. The molecule has 82 valence electrons. The van der Waals surface area contributed by atoms with Crippen molar-refractivity contribution in [3.63, 3.8) is 0 Å². The van der Waals surface area contributed by atoms with E-state index in [1.807, 2.05) is 6.92 Å². The van der Waals surface area contributed by atoms with Crippen LogP contribution in [0.1, 0.15) is 6.92 Å². The molecule has 0 radical (unpaired) electrons. The van der Waals surface area contributed by atoms with Crippen molar-refractivity contribution in [3.05, 3.63) is 16.0 Å². The van der Waals surface area contributed by atoms with Crippen LogP contribution in [0.5, 0.6) is 0 Å². The Balaban J connectivity index is 2.24. The van der Waals surface area contributed by atoms with E-state index in [2.05, 4.69) is 30.8 Å². The second-order valence-electron chi connectivity index (χ2n) is 3.43. The molecule has 0 bridgehead atoms. The minimum absolute atomic E-state index is 0.222. The highest BCUT2D eigenvalue weighted by molar-refractivity contribution is 9.10. The van der Waals surface area contributed by atoms with Crippen LogP contribution < -0.4 is 4.90 Å². The second kappa shape index (κ2) is 4.63. The van der Waals surface area contributed by atoms with Crippen molar-refractivity contribution >= 4 is 33.3 Å². The molecule has 1 aliphatic rings. The molecule has 0 spiro atoms. The first-order valence-electron chi connectivity index (χ1n) is 4.71. The molecule has 0 amide bonds. The molecule has 1 atom stereocenters. The number of aromatic nitrogens is 2. The number of ether oxygens (including phenoxy) is 1. The first-order chi connectivity index (χ1) is 7.18. The highest BCUT2D eigenvalue weighted by atomic mass is 79.9. The van der Waals surface area contributed by atoms with Crippen molar-refractivity contribution in [1.82, 2.24) is 9.97 Å². The first kappa shape index (κ1) is 11.1. The molecule has 1 aromatic rings. The van der Waals surface area contributed by atoms with Gasteiger partial charge in [0.1, 0.15) is 17.3 Å². The van der Waals surface area contributed by atoms with E-state index in [4.69, 9.17) is 16.3 Å². The standard InChI is InChI=1S/C9H11BrClN3O/c1-6-4-14(2-3-15-6)9-7(10)8(11)12-5-13-9/h5-6H,2-4H2,1H3. The van der Waals surface area contributed by atoms with Crippen LogP contribution in [0, 0.1) is 0 Å². The van der Waals surface area contributed by atoms with Gasteiger partial charge in [0.25, 0.3) is 0 Å². The van der Waals surface area contributed by atoms with E-state index in [0.717, 1.165) is 30.0 Å². The monoisotopic (exact) mass is 291 g/mol. The molecule has 0 aliphatic carbocycles. The third-order valence-electron chi connectivity index (χ3n) is 2.27. The molecule has 2 heterocycles. The third-order valence-corrected chi connectivity index (χ3v) is 3.51.